The van der Waals surface area contributed by atoms with E-state index in [0.717, 1.165) is 29.5 Å². The zero-order valence-corrected chi connectivity index (χ0v) is 19.8. The van der Waals surface area contributed by atoms with E-state index < -0.39 is 33.6 Å². The van der Waals surface area contributed by atoms with Gasteiger partial charge in [-0.15, -0.1) is 11.3 Å². The second kappa shape index (κ2) is 9.17. The van der Waals surface area contributed by atoms with Crippen molar-refractivity contribution < 1.29 is 26.3 Å². The number of nitrogens with zero attached hydrogens (tertiary/aromatic N) is 1. The van der Waals surface area contributed by atoms with Crippen molar-refractivity contribution in [1.29, 1.82) is 0 Å². The molecule has 1 atom stereocenters. The highest BCUT2D eigenvalue weighted by Crippen LogP contribution is 2.41. The summed E-state index contributed by atoms with van der Waals surface area (Å²) in [7, 11) is -2.28. The first-order valence-corrected chi connectivity index (χ1v) is 12.6. The van der Waals surface area contributed by atoms with Gasteiger partial charge in [-0.2, -0.15) is 13.2 Å². The predicted molar refractivity (Wildman–Crippen MR) is 124 cm³/mol. The van der Waals surface area contributed by atoms with Crippen LogP contribution >= 0.6 is 22.9 Å². The van der Waals surface area contributed by atoms with E-state index >= 15 is 0 Å². The largest absolute Gasteiger partial charge is 0.488 e. The average Bonchev–Trinajstić information content (AvgIpc) is 3.33. The maximum Gasteiger partial charge on any atom is 0.419 e. The second-order valence-corrected chi connectivity index (χ2v) is 11.3. The fourth-order valence-electron chi connectivity index (χ4n) is 3.65. The van der Waals surface area contributed by atoms with Crippen molar-refractivity contribution in [1.82, 2.24) is 4.90 Å². The summed E-state index contributed by atoms with van der Waals surface area (Å²) in [5.41, 5.74) is 0.0790. The molecule has 0 unspecified atom stereocenters. The summed E-state index contributed by atoms with van der Waals surface area (Å²) in [5, 5.41) is 0. The number of hydrogen-bond acceptors (Lipinski definition) is 5. The summed E-state index contributed by atoms with van der Waals surface area (Å²) in [6.45, 7) is 1.20. The van der Waals surface area contributed by atoms with Crippen LogP contribution in [0.1, 0.15) is 12.0 Å². The Balaban J connectivity index is 1.67. The van der Waals surface area contributed by atoms with Crippen molar-refractivity contribution in [3.05, 3.63) is 64.5 Å². The van der Waals surface area contributed by atoms with Crippen LogP contribution < -0.4 is 9.46 Å². The van der Waals surface area contributed by atoms with Crippen molar-refractivity contribution in [2.75, 3.05) is 24.9 Å². The van der Waals surface area contributed by atoms with Crippen molar-refractivity contribution in [2.45, 2.75) is 22.9 Å². The van der Waals surface area contributed by atoms with Gasteiger partial charge in [0.25, 0.3) is 10.0 Å². The van der Waals surface area contributed by atoms with E-state index in [4.69, 9.17) is 16.3 Å². The molecule has 0 amide bonds. The van der Waals surface area contributed by atoms with Crippen LogP contribution in [0.4, 0.5) is 18.9 Å². The summed E-state index contributed by atoms with van der Waals surface area (Å²) >= 11 is 6.98. The van der Waals surface area contributed by atoms with Gasteiger partial charge in [-0.3, -0.25) is 4.72 Å². The number of halogens is 4. The molecule has 0 radical (unpaired) electrons. The van der Waals surface area contributed by atoms with Crippen LogP contribution in [0.15, 0.2) is 58.8 Å². The van der Waals surface area contributed by atoms with Gasteiger partial charge in [-0.05, 0) is 37.2 Å². The Bertz CT molecular complexity index is 1250. The Hall–Kier alpha value is -2.27. The van der Waals surface area contributed by atoms with Gasteiger partial charge < -0.3 is 9.64 Å². The number of benzene rings is 2. The van der Waals surface area contributed by atoms with Gasteiger partial charge in [0.15, 0.2) is 0 Å². The molecule has 176 valence electrons. The van der Waals surface area contributed by atoms with E-state index in [1.807, 2.05) is 11.9 Å². The lowest BCUT2D eigenvalue weighted by molar-refractivity contribution is -0.139. The monoisotopic (exact) mass is 516 g/mol. The van der Waals surface area contributed by atoms with Crippen LogP contribution in [0.5, 0.6) is 5.75 Å². The van der Waals surface area contributed by atoms with Crippen LogP contribution in [0.25, 0.3) is 11.1 Å². The van der Waals surface area contributed by atoms with Gasteiger partial charge in [-0.25, -0.2) is 8.42 Å². The number of anilines is 1. The highest BCUT2D eigenvalue weighted by molar-refractivity contribution is 7.94. The van der Waals surface area contributed by atoms with E-state index in [1.54, 1.807) is 36.4 Å². The second-order valence-electron chi connectivity index (χ2n) is 7.72. The summed E-state index contributed by atoms with van der Waals surface area (Å²) in [5.74, 6) is -0.407. The number of likely N-dealkylation sites (tertiary alicyclic amines) is 1. The van der Waals surface area contributed by atoms with E-state index in [-0.39, 0.29) is 14.2 Å². The predicted octanol–water partition coefficient (Wildman–Crippen LogP) is 5.97. The number of ether oxygens (including phenoxy) is 1. The molecule has 33 heavy (non-hydrogen) atoms. The molecule has 1 fully saturated rings. The van der Waals surface area contributed by atoms with Gasteiger partial charge in [0.2, 0.25) is 0 Å². The zero-order chi connectivity index (χ0) is 23.8. The minimum absolute atomic E-state index is 0.0292. The maximum atomic E-state index is 13.5. The fourth-order valence-corrected chi connectivity index (χ4v) is 6.60. The number of hydrogen-bond donors (Lipinski definition) is 1. The molecule has 0 saturated carbocycles. The molecular formula is C22H20ClF3N2O3S2. The topological polar surface area (TPSA) is 58.6 Å². The van der Waals surface area contributed by atoms with Crippen LogP contribution in [-0.2, 0) is 16.2 Å². The molecular weight excluding hydrogens is 497 g/mol. The molecule has 1 aromatic heterocycles. The van der Waals surface area contributed by atoms with Crippen molar-refractivity contribution in [3.63, 3.8) is 0 Å². The van der Waals surface area contributed by atoms with Gasteiger partial charge in [-0.1, -0.05) is 41.9 Å². The summed E-state index contributed by atoms with van der Waals surface area (Å²) in [6, 6.07) is 13.4. The van der Waals surface area contributed by atoms with E-state index in [1.165, 1.54) is 0 Å². The number of nitrogens with one attached hydrogen (secondary N) is 1. The number of sulfonamides is 1. The first kappa shape index (κ1) is 23.9. The van der Waals surface area contributed by atoms with Crippen LogP contribution in [0.2, 0.25) is 4.34 Å². The smallest absolute Gasteiger partial charge is 0.419 e. The van der Waals surface area contributed by atoms with Crippen LogP contribution in [0, 0.1) is 0 Å². The summed E-state index contributed by atoms with van der Waals surface area (Å²) in [4.78, 5) is 1.95. The minimum Gasteiger partial charge on any atom is -0.488 e. The Morgan fingerprint density at radius 3 is 2.52 bits per heavy atom. The molecule has 0 aliphatic carbocycles. The highest BCUT2D eigenvalue weighted by Gasteiger charge is 2.36. The zero-order valence-electron chi connectivity index (χ0n) is 17.4. The summed E-state index contributed by atoms with van der Waals surface area (Å²) < 4.78 is 75.2. The Morgan fingerprint density at radius 2 is 1.88 bits per heavy atom. The molecule has 1 aliphatic heterocycles. The van der Waals surface area contributed by atoms with Gasteiger partial charge in [0.05, 0.1) is 15.6 Å². The van der Waals surface area contributed by atoms with Gasteiger partial charge in [0, 0.05) is 24.7 Å². The van der Waals surface area contributed by atoms with Crippen molar-refractivity contribution in [2.24, 2.45) is 0 Å². The third-order valence-corrected chi connectivity index (χ3v) is 8.36. The van der Waals surface area contributed by atoms with Gasteiger partial charge in [0.1, 0.15) is 16.1 Å². The van der Waals surface area contributed by atoms with Crippen molar-refractivity contribution >= 4 is 38.6 Å². The molecule has 2 heterocycles. The minimum atomic E-state index is -4.64. The quantitative estimate of drug-likeness (QED) is 0.438. The first-order valence-electron chi connectivity index (χ1n) is 9.97. The molecule has 0 bridgehead atoms. The molecule has 11 heteroatoms. The highest BCUT2D eigenvalue weighted by atomic mass is 35.5. The molecule has 1 saturated heterocycles. The number of likely N-dealkylation sites (N-methyl/N-ethyl adjacent to an activating group) is 1. The molecule has 4 rings (SSSR count). The number of rotatable bonds is 6. The Labute approximate surface area is 198 Å². The SMILES string of the molecule is CN1CC[C@@H](Oc2cc(NS(=O)(=O)c3sc(Cl)cc3-c3ccccc3)ccc2C(F)(F)F)C1. The van der Waals surface area contributed by atoms with Crippen molar-refractivity contribution in [3.8, 4) is 16.9 Å². The Morgan fingerprint density at radius 1 is 1.15 bits per heavy atom. The Kier molecular flexibility index (Phi) is 6.63. The first-order chi connectivity index (χ1) is 15.5. The lowest BCUT2D eigenvalue weighted by atomic mass is 10.1. The number of alkyl halides is 3. The third kappa shape index (κ3) is 5.46. The lowest BCUT2D eigenvalue weighted by Gasteiger charge is -2.19. The molecule has 0 spiro atoms. The third-order valence-electron chi connectivity index (χ3n) is 5.18. The normalized spacial score (nSPS) is 17.3. The maximum absolute atomic E-state index is 13.5. The lowest BCUT2D eigenvalue weighted by Crippen LogP contribution is -2.23. The molecule has 5 nitrogen and oxygen atoms in total. The van der Waals surface area contributed by atoms with Crippen LogP contribution in [0.3, 0.4) is 0 Å². The van der Waals surface area contributed by atoms with E-state index in [9.17, 15) is 21.6 Å². The molecule has 1 N–H and O–H groups in total. The molecule has 2 aromatic carbocycles. The fraction of sp³-hybridized carbons (Fsp3) is 0.273. The van der Waals surface area contributed by atoms with Gasteiger partial charge >= 0.3 is 6.18 Å². The molecule has 1 aliphatic rings. The summed E-state index contributed by atoms with van der Waals surface area (Å²) in [6.07, 6.45) is -4.47. The van der Waals surface area contributed by atoms with E-state index in [0.29, 0.717) is 30.6 Å². The van der Waals surface area contributed by atoms with Crippen LogP contribution in [-0.4, -0.2) is 39.6 Å². The molecule has 3 aromatic rings. The average molecular weight is 517 g/mol. The standard InChI is InChI=1S/C22H20ClF3N2O3S2/c1-28-10-9-16(13-28)31-19-11-15(7-8-18(19)22(24,25)26)27-33(29,30)21-17(12-20(23)32-21)14-5-3-2-4-6-14/h2-8,11-12,16,27H,9-10,13H2,1H3/t16-/m1/s1. The van der Waals surface area contributed by atoms with E-state index in [2.05, 4.69) is 4.72 Å². The number of thiophene rings is 1.